The van der Waals surface area contributed by atoms with Crippen molar-refractivity contribution in [3.63, 3.8) is 0 Å². The molecule has 5 rings (SSSR count). The second-order valence-corrected chi connectivity index (χ2v) is 11.0. The number of rotatable bonds is 4. The van der Waals surface area contributed by atoms with Gasteiger partial charge in [0.1, 0.15) is 17.5 Å². The van der Waals surface area contributed by atoms with Gasteiger partial charge in [-0.2, -0.15) is 18.2 Å². The van der Waals surface area contributed by atoms with Gasteiger partial charge < -0.3 is 15.1 Å². The molecule has 2 aliphatic heterocycles. The zero-order chi connectivity index (χ0) is 26.6. The van der Waals surface area contributed by atoms with E-state index in [0.29, 0.717) is 37.8 Å². The molecule has 2 atom stereocenters. The van der Waals surface area contributed by atoms with E-state index in [2.05, 4.69) is 10.3 Å². The largest absolute Gasteiger partial charge is 0.417 e. The molecule has 1 saturated heterocycles. The summed E-state index contributed by atoms with van der Waals surface area (Å²) in [5.41, 5.74) is -2.06. The van der Waals surface area contributed by atoms with Crippen LogP contribution in [0.4, 0.5) is 27.8 Å². The number of anilines is 1. The monoisotopic (exact) mass is 539 g/mol. The third kappa shape index (κ3) is 4.70. The first-order chi connectivity index (χ1) is 17.5. The van der Waals surface area contributed by atoms with E-state index < -0.39 is 29.1 Å². The number of aromatic nitrogens is 2. The van der Waals surface area contributed by atoms with Gasteiger partial charge in [-0.3, -0.25) is 4.57 Å². The number of benzene rings is 2. The number of hydrogen-bond donors (Lipinski definition) is 1. The summed E-state index contributed by atoms with van der Waals surface area (Å²) in [4.78, 5) is 21.5. The molecule has 0 saturated carbocycles. The molecule has 3 aromatic rings. The van der Waals surface area contributed by atoms with E-state index in [1.54, 1.807) is 0 Å². The number of nitrogens with zero attached hydrogens (tertiary/aromatic N) is 4. The van der Waals surface area contributed by atoms with Crippen LogP contribution in [0.2, 0.25) is 0 Å². The first-order valence-electron chi connectivity index (χ1n) is 11.9. The van der Waals surface area contributed by atoms with E-state index >= 15 is 4.39 Å². The summed E-state index contributed by atoms with van der Waals surface area (Å²) < 4.78 is 74.0. The number of halogens is 5. The Kier molecular flexibility index (Phi) is 6.70. The fraction of sp³-hybridized carbons (Fsp3) is 0.440. The van der Waals surface area contributed by atoms with Crippen molar-refractivity contribution in [3.8, 4) is 11.1 Å². The molecule has 6 nitrogen and oxygen atoms in total. The Morgan fingerprint density at radius 1 is 1.22 bits per heavy atom. The van der Waals surface area contributed by atoms with Crippen LogP contribution in [0, 0.1) is 11.6 Å². The molecule has 0 amide bonds. The molecule has 1 N–H and O–H groups in total. The molecule has 0 radical (unpaired) electrons. The molecule has 0 bridgehead atoms. The van der Waals surface area contributed by atoms with Crippen molar-refractivity contribution < 1.29 is 22.0 Å². The number of piperazine rings is 1. The van der Waals surface area contributed by atoms with Gasteiger partial charge in [-0.25, -0.2) is 13.6 Å². The van der Waals surface area contributed by atoms with Crippen LogP contribution in [0.15, 0.2) is 34.0 Å². The van der Waals surface area contributed by atoms with E-state index in [-0.39, 0.29) is 45.1 Å². The van der Waals surface area contributed by atoms with Gasteiger partial charge in [0, 0.05) is 71.5 Å². The van der Waals surface area contributed by atoms with E-state index in [4.69, 9.17) is 0 Å². The van der Waals surface area contributed by atoms with E-state index in [1.807, 2.05) is 30.8 Å². The smallest absolute Gasteiger partial charge is 0.351 e. The Bertz CT molecular complexity index is 1420. The number of alkyl halides is 3. The van der Waals surface area contributed by atoms with Crippen molar-refractivity contribution in [1.29, 1.82) is 0 Å². The quantitative estimate of drug-likeness (QED) is 0.502. The Balaban J connectivity index is 1.90. The van der Waals surface area contributed by atoms with Gasteiger partial charge in [-0.15, -0.1) is 11.8 Å². The first kappa shape index (κ1) is 25.9. The van der Waals surface area contributed by atoms with Gasteiger partial charge in [0.15, 0.2) is 0 Å². The minimum absolute atomic E-state index is 0.108. The SMILES string of the molecule is C[C@H]1CNCCN1c1nc(=O)n2c3c(c(-c4ccc(F)cc4F)c(C(F)(F)F)cc13)SC(CN(C)C)C2. The maximum absolute atomic E-state index is 15.0. The van der Waals surface area contributed by atoms with Crippen LogP contribution >= 0.6 is 11.8 Å². The van der Waals surface area contributed by atoms with Gasteiger partial charge >= 0.3 is 11.9 Å². The fourth-order valence-electron chi connectivity index (χ4n) is 5.14. The number of nitrogens with one attached hydrogen (secondary N) is 1. The molecule has 198 valence electrons. The molecular weight excluding hydrogens is 513 g/mol. The predicted octanol–water partition coefficient (Wildman–Crippen LogP) is 4.19. The summed E-state index contributed by atoms with van der Waals surface area (Å²) in [6, 6.07) is 3.40. The van der Waals surface area contributed by atoms with Crippen LogP contribution in [0.25, 0.3) is 22.0 Å². The zero-order valence-corrected chi connectivity index (χ0v) is 21.3. The van der Waals surface area contributed by atoms with Crippen LogP contribution in [-0.2, 0) is 12.7 Å². The lowest BCUT2D eigenvalue weighted by Gasteiger charge is -2.37. The van der Waals surface area contributed by atoms with E-state index in [9.17, 15) is 22.4 Å². The minimum atomic E-state index is -4.84. The maximum atomic E-state index is 15.0. The minimum Gasteiger partial charge on any atom is -0.351 e. The topological polar surface area (TPSA) is 53.4 Å². The Hall–Kier alpha value is -2.70. The Labute approximate surface area is 214 Å². The Morgan fingerprint density at radius 2 is 1.97 bits per heavy atom. The van der Waals surface area contributed by atoms with Crippen molar-refractivity contribution in [1.82, 2.24) is 19.8 Å². The summed E-state index contributed by atoms with van der Waals surface area (Å²) in [6.07, 6.45) is -4.84. The molecule has 0 spiro atoms. The highest BCUT2D eigenvalue weighted by Gasteiger charge is 2.40. The average Bonchev–Trinajstić information content (AvgIpc) is 2.80. The van der Waals surface area contributed by atoms with E-state index in [1.165, 1.54) is 16.3 Å². The molecule has 12 heteroatoms. The van der Waals surface area contributed by atoms with Crippen molar-refractivity contribution in [3.05, 3.63) is 51.9 Å². The van der Waals surface area contributed by atoms with Crippen LogP contribution < -0.4 is 15.9 Å². The second kappa shape index (κ2) is 9.55. The van der Waals surface area contributed by atoms with Crippen LogP contribution in [0.5, 0.6) is 0 Å². The first-order valence-corrected chi connectivity index (χ1v) is 12.8. The lowest BCUT2D eigenvalue weighted by atomic mass is 9.95. The van der Waals surface area contributed by atoms with Crippen molar-refractivity contribution in [2.24, 2.45) is 0 Å². The van der Waals surface area contributed by atoms with Crippen molar-refractivity contribution >= 4 is 28.5 Å². The molecule has 2 aromatic carbocycles. The second-order valence-electron chi connectivity index (χ2n) is 9.72. The van der Waals surface area contributed by atoms with Crippen LogP contribution in [0.1, 0.15) is 12.5 Å². The highest BCUT2D eigenvalue weighted by Crippen LogP contribution is 2.50. The molecular formula is C25H26F5N5OS. The fourth-order valence-corrected chi connectivity index (χ4v) is 6.74. The number of thioether (sulfide) groups is 1. The molecule has 3 heterocycles. The average molecular weight is 540 g/mol. The maximum Gasteiger partial charge on any atom is 0.417 e. The van der Waals surface area contributed by atoms with Crippen molar-refractivity contribution in [2.75, 3.05) is 45.2 Å². The van der Waals surface area contributed by atoms with Gasteiger partial charge in [-0.05, 0) is 39.2 Å². The Morgan fingerprint density at radius 3 is 2.62 bits per heavy atom. The predicted molar refractivity (Wildman–Crippen MR) is 134 cm³/mol. The number of hydrogen-bond acceptors (Lipinski definition) is 6. The molecule has 37 heavy (non-hydrogen) atoms. The van der Waals surface area contributed by atoms with Gasteiger partial charge in [0.05, 0.1) is 11.1 Å². The van der Waals surface area contributed by atoms with Crippen LogP contribution in [0.3, 0.4) is 0 Å². The standard InChI is InChI=1S/C25H26F5N5OS/c1-13-10-31-6-7-34(13)23-17-9-18(25(28,29)30)20(16-5-4-14(26)8-19(16)27)22-21(17)35(24(36)32-23)12-15(37-22)11-33(2)3/h4-5,8-9,13,15,31H,6-7,10-12H2,1-3H3/t13-,15?/m0/s1. The highest BCUT2D eigenvalue weighted by molar-refractivity contribution is 8.00. The molecule has 0 aliphatic carbocycles. The highest BCUT2D eigenvalue weighted by atomic mass is 32.2. The lowest BCUT2D eigenvalue weighted by molar-refractivity contribution is -0.137. The summed E-state index contributed by atoms with van der Waals surface area (Å²) >= 11 is 1.19. The zero-order valence-electron chi connectivity index (χ0n) is 20.5. The normalized spacial score (nSPS) is 20.2. The van der Waals surface area contributed by atoms with Gasteiger partial charge in [0.25, 0.3) is 0 Å². The molecule has 1 unspecified atom stereocenters. The third-order valence-corrected chi connectivity index (χ3v) is 7.98. The summed E-state index contributed by atoms with van der Waals surface area (Å²) in [5.74, 6) is -1.80. The summed E-state index contributed by atoms with van der Waals surface area (Å²) in [6.45, 7) is 4.27. The van der Waals surface area contributed by atoms with Crippen LogP contribution in [-0.4, -0.2) is 66.0 Å². The van der Waals surface area contributed by atoms with Gasteiger partial charge in [0.2, 0.25) is 0 Å². The molecule has 2 aliphatic rings. The van der Waals surface area contributed by atoms with E-state index in [0.717, 1.165) is 18.2 Å². The third-order valence-electron chi connectivity index (χ3n) is 6.72. The summed E-state index contributed by atoms with van der Waals surface area (Å²) in [7, 11) is 3.66. The van der Waals surface area contributed by atoms with Crippen molar-refractivity contribution in [2.45, 2.75) is 35.8 Å². The molecule has 1 fully saturated rings. The summed E-state index contributed by atoms with van der Waals surface area (Å²) in [5, 5.41) is 3.13. The molecule has 1 aromatic heterocycles. The van der Waals surface area contributed by atoms with Gasteiger partial charge in [-0.1, -0.05) is 0 Å². The lowest BCUT2D eigenvalue weighted by Crippen LogP contribution is -2.51.